The van der Waals surface area contributed by atoms with Crippen LogP contribution in [0.3, 0.4) is 0 Å². The van der Waals surface area contributed by atoms with Crippen LogP contribution in [-0.4, -0.2) is 20.8 Å². The van der Waals surface area contributed by atoms with E-state index in [4.69, 9.17) is 8.85 Å². The van der Waals surface area contributed by atoms with E-state index < -0.39 is 8.56 Å². The third kappa shape index (κ3) is 5.15. The summed E-state index contributed by atoms with van der Waals surface area (Å²) in [7, 11) is -2.84. The van der Waals surface area contributed by atoms with E-state index in [1.807, 2.05) is 0 Å². The Balaban J connectivity index is 1.78. The lowest BCUT2D eigenvalue weighted by Gasteiger charge is -2.43. The summed E-state index contributed by atoms with van der Waals surface area (Å²) in [6.45, 7) is 4.66. The van der Waals surface area contributed by atoms with Crippen molar-refractivity contribution in [3.05, 3.63) is 60.7 Å². The molecule has 2 aliphatic rings. The molecule has 0 bridgehead atoms. The second-order valence-corrected chi connectivity index (χ2v) is 12.4. The van der Waals surface area contributed by atoms with Gasteiger partial charge in [-0.3, -0.25) is 0 Å². The minimum absolute atomic E-state index is 0.300. The van der Waals surface area contributed by atoms with Gasteiger partial charge in [-0.25, -0.2) is 0 Å². The second-order valence-electron chi connectivity index (χ2n) is 9.57. The fourth-order valence-electron chi connectivity index (χ4n) is 5.80. The van der Waals surface area contributed by atoms with Crippen LogP contribution in [0.1, 0.15) is 78.1 Å². The quantitative estimate of drug-likeness (QED) is 0.458. The van der Waals surface area contributed by atoms with Crippen molar-refractivity contribution < 1.29 is 8.85 Å². The van der Waals surface area contributed by atoms with Gasteiger partial charge in [0.15, 0.2) is 0 Å². The van der Waals surface area contributed by atoms with Crippen LogP contribution in [0.25, 0.3) is 0 Å². The predicted molar refractivity (Wildman–Crippen MR) is 132 cm³/mol. The van der Waals surface area contributed by atoms with E-state index in [-0.39, 0.29) is 0 Å². The Morgan fingerprint density at radius 1 is 0.613 bits per heavy atom. The monoisotopic (exact) mass is 436 g/mol. The average molecular weight is 437 g/mol. The largest absolute Gasteiger partial charge is 0.407 e. The lowest BCUT2D eigenvalue weighted by Crippen LogP contribution is -2.67. The van der Waals surface area contributed by atoms with Gasteiger partial charge < -0.3 is 8.85 Å². The molecule has 4 rings (SSSR count). The Morgan fingerprint density at radius 3 is 1.39 bits per heavy atom. The summed E-state index contributed by atoms with van der Waals surface area (Å²) in [5.74, 6) is 1.29. The molecule has 2 aromatic carbocycles. The molecular weight excluding hydrogens is 396 g/mol. The van der Waals surface area contributed by atoms with Crippen LogP contribution >= 0.6 is 0 Å². The minimum Gasteiger partial charge on any atom is -0.384 e. The fraction of sp³-hybridized carbons (Fsp3) is 0.571. The van der Waals surface area contributed by atoms with Crippen molar-refractivity contribution in [3.63, 3.8) is 0 Å². The minimum atomic E-state index is -2.84. The van der Waals surface area contributed by atoms with E-state index in [9.17, 15) is 0 Å². The number of hydrogen-bond donors (Lipinski definition) is 0. The zero-order valence-electron chi connectivity index (χ0n) is 19.5. The van der Waals surface area contributed by atoms with Crippen molar-refractivity contribution >= 4 is 18.9 Å². The molecule has 2 saturated carbocycles. The average Bonchev–Trinajstić information content (AvgIpc) is 2.85. The van der Waals surface area contributed by atoms with Crippen LogP contribution in [0, 0.1) is 11.8 Å². The van der Waals surface area contributed by atoms with Gasteiger partial charge in [-0.1, -0.05) is 113 Å². The van der Waals surface area contributed by atoms with E-state index in [0.717, 1.165) is 12.8 Å². The van der Waals surface area contributed by atoms with Crippen molar-refractivity contribution in [2.24, 2.45) is 11.8 Å². The van der Waals surface area contributed by atoms with Gasteiger partial charge in [-0.2, -0.15) is 0 Å². The Kier molecular flexibility index (Phi) is 8.03. The molecule has 0 N–H and O–H groups in total. The Labute approximate surface area is 190 Å². The van der Waals surface area contributed by atoms with Gasteiger partial charge in [0.05, 0.1) is 12.2 Å². The highest BCUT2D eigenvalue weighted by molar-refractivity contribution is 6.92. The molecule has 0 saturated heterocycles. The van der Waals surface area contributed by atoms with Crippen LogP contribution in [0.2, 0.25) is 0 Å². The zero-order chi connectivity index (χ0) is 21.5. The molecule has 0 aliphatic heterocycles. The first-order valence-electron chi connectivity index (χ1n) is 12.7. The molecule has 0 aromatic heterocycles. The van der Waals surface area contributed by atoms with Gasteiger partial charge >= 0.3 is 8.56 Å². The summed E-state index contributed by atoms with van der Waals surface area (Å²) < 4.78 is 14.7. The molecule has 31 heavy (non-hydrogen) atoms. The molecule has 2 aliphatic carbocycles. The number of benzene rings is 2. The van der Waals surface area contributed by atoms with Gasteiger partial charge in [-0.15, -0.1) is 0 Å². The van der Waals surface area contributed by atoms with Crippen molar-refractivity contribution in [3.8, 4) is 0 Å². The van der Waals surface area contributed by atoms with Crippen LogP contribution in [0.15, 0.2) is 60.7 Å². The molecule has 168 valence electrons. The van der Waals surface area contributed by atoms with Crippen LogP contribution in [0.4, 0.5) is 0 Å². The molecule has 2 fully saturated rings. The summed E-state index contributed by atoms with van der Waals surface area (Å²) >= 11 is 0. The van der Waals surface area contributed by atoms with Gasteiger partial charge in [0, 0.05) is 0 Å². The normalized spacial score (nSPS) is 27.2. The lowest BCUT2D eigenvalue weighted by molar-refractivity contribution is 0.0135. The molecule has 3 heteroatoms. The molecule has 2 aromatic rings. The first-order valence-corrected chi connectivity index (χ1v) is 14.5. The second kappa shape index (κ2) is 10.9. The standard InChI is InChI=1S/C28H40O2Si/c1-3-23-15-11-13-21-27(23)29-31(25-17-7-5-8-18-25,26-19-9-6-10-20-26)30-28-22-14-12-16-24(28)4-2/h5-10,17-20,23-24,27-28H,3-4,11-16,21-22H2,1-2H3. The van der Waals surface area contributed by atoms with E-state index >= 15 is 0 Å². The summed E-state index contributed by atoms with van der Waals surface area (Å²) in [6.07, 6.45) is 13.1. The maximum Gasteiger partial charge on any atom is 0.407 e. The summed E-state index contributed by atoms with van der Waals surface area (Å²) in [5.41, 5.74) is 0. The molecular formula is C28H40O2Si. The molecule has 4 unspecified atom stereocenters. The van der Waals surface area contributed by atoms with E-state index in [2.05, 4.69) is 74.5 Å². The highest BCUT2D eigenvalue weighted by Crippen LogP contribution is 2.35. The van der Waals surface area contributed by atoms with Crippen molar-refractivity contribution in [2.45, 2.75) is 90.3 Å². The Morgan fingerprint density at radius 2 is 1.00 bits per heavy atom. The number of rotatable bonds is 8. The number of hydrogen-bond acceptors (Lipinski definition) is 2. The first kappa shape index (κ1) is 22.8. The lowest BCUT2D eigenvalue weighted by atomic mass is 9.85. The van der Waals surface area contributed by atoms with E-state index in [1.54, 1.807) is 0 Å². The van der Waals surface area contributed by atoms with Gasteiger partial charge in [0.2, 0.25) is 0 Å². The smallest absolute Gasteiger partial charge is 0.384 e. The van der Waals surface area contributed by atoms with E-state index in [0.29, 0.717) is 24.0 Å². The molecule has 4 atom stereocenters. The van der Waals surface area contributed by atoms with Crippen molar-refractivity contribution in [1.82, 2.24) is 0 Å². The van der Waals surface area contributed by atoms with E-state index in [1.165, 1.54) is 61.7 Å². The zero-order valence-corrected chi connectivity index (χ0v) is 20.5. The fourth-order valence-corrected chi connectivity index (χ4v) is 9.47. The maximum atomic E-state index is 7.37. The van der Waals surface area contributed by atoms with Gasteiger partial charge in [0.1, 0.15) is 0 Å². The predicted octanol–water partition coefficient (Wildman–Crippen LogP) is 6.21. The molecule has 2 nitrogen and oxygen atoms in total. The van der Waals surface area contributed by atoms with Crippen LogP contribution in [0.5, 0.6) is 0 Å². The Bertz CT molecular complexity index is 711. The maximum absolute atomic E-state index is 7.37. The Hall–Kier alpha value is -1.42. The molecule has 0 spiro atoms. The summed E-state index contributed by atoms with van der Waals surface area (Å²) in [6, 6.07) is 21.9. The first-order chi connectivity index (χ1) is 15.3. The molecule has 0 amide bonds. The topological polar surface area (TPSA) is 18.5 Å². The van der Waals surface area contributed by atoms with Gasteiger partial charge in [-0.05, 0) is 47.9 Å². The van der Waals surface area contributed by atoms with Gasteiger partial charge in [0.25, 0.3) is 0 Å². The third-order valence-electron chi connectivity index (χ3n) is 7.67. The summed E-state index contributed by atoms with van der Waals surface area (Å²) in [5, 5.41) is 2.53. The summed E-state index contributed by atoms with van der Waals surface area (Å²) in [4.78, 5) is 0. The van der Waals surface area contributed by atoms with Crippen LogP contribution < -0.4 is 10.4 Å². The molecule has 0 heterocycles. The SMILES string of the molecule is CCC1CCCCC1O[Si](OC1CCCCC1CC)(c1ccccc1)c1ccccc1. The van der Waals surface area contributed by atoms with Crippen LogP contribution in [-0.2, 0) is 8.85 Å². The van der Waals surface area contributed by atoms with Crippen molar-refractivity contribution in [1.29, 1.82) is 0 Å². The highest BCUT2D eigenvalue weighted by atomic mass is 28.4. The molecule has 0 radical (unpaired) electrons. The highest BCUT2D eigenvalue weighted by Gasteiger charge is 2.48. The third-order valence-corrected chi connectivity index (χ3v) is 11.1. The van der Waals surface area contributed by atoms with Crippen molar-refractivity contribution in [2.75, 3.05) is 0 Å².